The van der Waals surface area contributed by atoms with Crippen LogP contribution in [0.1, 0.15) is 11.3 Å². The molecule has 0 unspecified atom stereocenters. The maximum Gasteiger partial charge on any atom is 0.221 e. The average molecular weight is 296 g/mol. The van der Waals surface area contributed by atoms with E-state index in [1.807, 2.05) is 0 Å². The molecule has 6 nitrogen and oxygen atoms in total. The molecule has 106 valence electrons. The second-order valence-corrected chi connectivity index (χ2v) is 6.30. The number of halogens is 1. The standard InChI is InChI=1S/C12H13FN4O2S/c1-8-7-17(12(14)16-8)15-6-9-3-4-10(5-11(9)13)20(2,18)19/h3-7H,1-2H3,(H2,14,16). The normalized spacial score (nSPS) is 12.2. The molecule has 0 atom stereocenters. The Kier molecular flexibility index (Phi) is 3.58. The summed E-state index contributed by atoms with van der Waals surface area (Å²) in [7, 11) is -3.43. The average Bonchev–Trinajstić information content (AvgIpc) is 2.65. The zero-order valence-corrected chi connectivity index (χ0v) is 11.7. The molecule has 8 heteroatoms. The SMILES string of the molecule is Cc1cn(N=Cc2ccc(S(C)(=O)=O)cc2F)c(N)n1. The Balaban J connectivity index is 2.33. The number of hydrogen-bond donors (Lipinski definition) is 1. The predicted molar refractivity (Wildman–Crippen MR) is 73.9 cm³/mol. The number of sulfone groups is 1. The second kappa shape index (κ2) is 5.04. The van der Waals surface area contributed by atoms with E-state index in [-0.39, 0.29) is 16.4 Å². The lowest BCUT2D eigenvalue weighted by Crippen LogP contribution is -2.01. The van der Waals surface area contributed by atoms with Crippen LogP contribution in [-0.2, 0) is 9.84 Å². The minimum Gasteiger partial charge on any atom is -0.368 e. The minimum atomic E-state index is -3.43. The van der Waals surface area contributed by atoms with Crippen LogP contribution in [0.15, 0.2) is 34.4 Å². The van der Waals surface area contributed by atoms with Gasteiger partial charge in [-0.2, -0.15) is 5.10 Å². The Morgan fingerprint density at radius 2 is 2.15 bits per heavy atom. The molecule has 0 saturated carbocycles. The van der Waals surface area contributed by atoms with Crippen LogP contribution in [0.4, 0.5) is 10.3 Å². The molecule has 0 bridgehead atoms. The molecule has 1 aromatic carbocycles. The Labute approximate surface area is 115 Å². The topological polar surface area (TPSA) is 90.3 Å². The molecule has 2 rings (SSSR count). The maximum atomic E-state index is 13.8. The van der Waals surface area contributed by atoms with Crippen LogP contribution >= 0.6 is 0 Å². The number of hydrogen-bond acceptors (Lipinski definition) is 5. The minimum absolute atomic E-state index is 0.0786. The fourth-order valence-electron chi connectivity index (χ4n) is 1.56. The third-order valence-corrected chi connectivity index (χ3v) is 3.67. The van der Waals surface area contributed by atoms with Gasteiger partial charge in [0, 0.05) is 11.8 Å². The van der Waals surface area contributed by atoms with Crippen LogP contribution in [-0.4, -0.2) is 30.5 Å². The fourth-order valence-corrected chi connectivity index (χ4v) is 2.20. The first-order valence-corrected chi connectivity index (χ1v) is 7.52. The third-order valence-electron chi connectivity index (χ3n) is 2.56. The maximum absolute atomic E-state index is 13.8. The van der Waals surface area contributed by atoms with Crippen molar-refractivity contribution >= 4 is 22.0 Å². The van der Waals surface area contributed by atoms with E-state index in [2.05, 4.69) is 10.1 Å². The number of nitrogens with two attached hydrogens (primary N) is 1. The van der Waals surface area contributed by atoms with Gasteiger partial charge in [-0.1, -0.05) is 0 Å². The van der Waals surface area contributed by atoms with E-state index in [1.165, 1.54) is 23.0 Å². The van der Waals surface area contributed by atoms with Crippen LogP contribution in [0.3, 0.4) is 0 Å². The van der Waals surface area contributed by atoms with Gasteiger partial charge in [0.2, 0.25) is 5.95 Å². The molecule has 0 fully saturated rings. The van der Waals surface area contributed by atoms with Crippen molar-refractivity contribution in [1.29, 1.82) is 0 Å². The molecule has 1 aromatic heterocycles. The van der Waals surface area contributed by atoms with Crippen molar-refractivity contribution in [2.45, 2.75) is 11.8 Å². The summed E-state index contributed by atoms with van der Waals surface area (Å²) in [4.78, 5) is 3.87. The van der Waals surface area contributed by atoms with Crippen LogP contribution < -0.4 is 5.73 Å². The highest BCUT2D eigenvalue weighted by Gasteiger charge is 2.10. The monoisotopic (exact) mass is 296 g/mol. The third kappa shape index (κ3) is 3.02. The summed E-state index contributed by atoms with van der Waals surface area (Å²) >= 11 is 0. The van der Waals surface area contributed by atoms with Gasteiger partial charge in [-0.15, -0.1) is 0 Å². The van der Waals surface area contributed by atoms with E-state index in [4.69, 9.17) is 5.73 Å². The highest BCUT2D eigenvalue weighted by Crippen LogP contribution is 2.14. The predicted octanol–water partition coefficient (Wildman–Crippen LogP) is 1.20. The van der Waals surface area contributed by atoms with Crippen molar-refractivity contribution in [3.05, 3.63) is 41.5 Å². The quantitative estimate of drug-likeness (QED) is 0.862. The first-order valence-electron chi connectivity index (χ1n) is 5.63. The molecule has 0 amide bonds. The van der Waals surface area contributed by atoms with E-state index >= 15 is 0 Å². The number of benzene rings is 1. The summed E-state index contributed by atoms with van der Waals surface area (Å²) in [5.74, 6) is -0.487. The molecule has 20 heavy (non-hydrogen) atoms. The van der Waals surface area contributed by atoms with Crippen molar-refractivity contribution in [3.63, 3.8) is 0 Å². The van der Waals surface area contributed by atoms with Crippen LogP contribution in [0.5, 0.6) is 0 Å². The van der Waals surface area contributed by atoms with Gasteiger partial charge in [-0.05, 0) is 25.1 Å². The first-order chi connectivity index (χ1) is 9.27. The summed E-state index contributed by atoms with van der Waals surface area (Å²) in [6.45, 7) is 1.75. The molecule has 0 aliphatic rings. The van der Waals surface area contributed by atoms with Crippen molar-refractivity contribution in [1.82, 2.24) is 9.66 Å². The summed E-state index contributed by atoms with van der Waals surface area (Å²) in [5.41, 5.74) is 6.43. The molecule has 0 aliphatic carbocycles. The Hall–Kier alpha value is -2.22. The Bertz CT molecular complexity index is 781. The van der Waals surface area contributed by atoms with Gasteiger partial charge in [0.15, 0.2) is 9.84 Å². The van der Waals surface area contributed by atoms with Gasteiger partial charge in [-0.25, -0.2) is 22.5 Å². The van der Waals surface area contributed by atoms with Crippen molar-refractivity contribution in [2.75, 3.05) is 12.0 Å². The van der Waals surface area contributed by atoms with E-state index in [1.54, 1.807) is 13.1 Å². The highest BCUT2D eigenvalue weighted by atomic mass is 32.2. The Morgan fingerprint density at radius 1 is 1.45 bits per heavy atom. The van der Waals surface area contributed by atoms with Gasteiger partial charge in [-0.3, -0.25) is 0 Å². The van der Waals surface area contributed by atoms with Gasteiger partial charge in [0.1, 0.15) is 5.82 Å². The van der Waals surface area contributed by atoms with Crippen LogP contribution in [0, 0.1) is 12.7 Å². The van der Waals surface area contributed by atoms with Gasteiger partial charge in [0.25, 0.3) is 0 Å². The molecule has 0 spiro atoms. The van der Waals surface area contributed by atoms with Gasteiger partial charge >= 0.3 is 0 Å². The first kappa shape index (κ1) is 14.2. The summed E-state index contributed by atoms with van der Waals surface area (Å²) in [5, 5.41) is 3.96. The van der Waals surface area contributed by atoms with E-state index in [0.717, 1.165) is 12.3 Å². The molecule has 2 N–H and O–H groups in total. The molecule has 0 aliphatic heterocycles. The zero-order valence-electron chi connectivity index (χ0n) is 10.9. The van der Waals surface area contributed by atoms with Crippen LogP contribution in [0.25, 0.3) is 0 Å². The smallest absolute Gasteiger partial charge is 0.221 e. The lowest BCUT2D eigenvalue weighted by atomic mass is 10.2. The zero-order chi connectivity index (χ0) is 14.9. The number of anilines is 1. The van der Waals surface area contributed by atoms with Crippen molar-refractivity contribution in [2.24, 2.45) is 5.10 Å². The summed E-state index contributed by atoms with van der Waals surface area (Å²) in [6, 6.07) is 3.62. The number of nitrogens with zero attached hydrogens (tertiary/aromatic N) is 3. The number of imidazole rings is 1. The molecule has 0 saturated heterocycles. The number of rotatable bonds is 3. The Morgan fingerprint density at radius 3 is 2.65 bits per heavy atom. The van der Waals surface area contributed by atoms with Crippen molar-refractivity contribution < 1.29 is 12.8 Å². The van der Waals surface area contributed by atoms with Gasteiger partial charge < -0.3 is 5.73 Å². The lowest BCUT2D eigenvalue weighted by Gasteiger charge is -2.01. The summed E-state index contributed by atoms with van der Waals surface area (Å²) < 4.78 is 37.7. The molecular formula is C12H13FN4O2S. The fraction of sp³-hybridized carbons (Fsp3) is 0.167. The van der Waals surface area contributed by atoms with Gasteiger partial charge in [0.05, 0.1) is 23.0 Å². The van der Waals surface area contributed by atoms with E-state index in [0.29, 0.717) is 5.69 Å². The van der Waals surface area contributed by atoms with Crippen molar-refractivity contribution in [3.8, 4) is 0 Å². The molecule has 0 radical (unpaired) electrons. The molecule has 1 heterocycles. The number of aryl methyl sites for hydroxylation is 1. The summed E-state index contributed by atoms with van der Waals surface area (Å²) in [6.07, 6.45) is 3.86. The molecular weight excluding hydrogens is 283 g/mol. The highest BCUT2D eigenvalue weighted by molar-refractivity contribution is 7.90. The lowest BCUT2D eigenvalue weighted by molar-refractivity contribution is 0.595. The van der Waals surface area contributed by atoms with E-state index < -0.39 is 15.7 Å². The second-order valence-electron chi connectivity index (χ2n) is 4.29. The van der Waals surface area contributed by atoms with Crippen LogP contribution in [0.2, 0.25) is 0 Å². The number of nitrogen functional groups attached to an aromatic ring is 1. The number of aromatic nitrogens is 2. The molecule has 2 aromatic rings. The van der Waals surface area contributed by atoms with E-state index in [9.17, 15) is 12.8 Å². The largest absolute Gasteiger partial charge is 0.368 e.